The molecule has 0 saturated carbocycles. The van der Waals surface area contributed by atoms with E-state index in [0.717, 1.165) is 32.4 Å². The van der Waals surface area contributed by atoms with Crippen molar-refractivity contribution < 1.29 is 16.8 Å². The summed E-state index contributed by atoms with van der Waals surface area (Å²) >= 11 is 0. The van der Waals surface area contributed by atoms with Crippen LogP contribution in [0.25, 0.3) is 21.3 Å². The second-order valence-corrected chi connectivity index (χ2v) is 6.05. The van der Waals surface area contributed by atoms with Crippen molar-refractivity contribution in [1.82, 2.24) is 0 Å². The fraction of sp³-hybridized carbons (Fsp3) is 1.00. The third-order valence-electron chi connectivity index (χ3n) is 3.26. The van der Waals surface area contributed by atoms with Crippen LogP contribution >= 0.6 is 0 Å². The third kappa shape index (κ3) is 22.3. The topological polar surface area (TPSA) is 56.4 Å². The van der Waals surface area contributed by atoms with E-state index in [0.29, 0.717) is 30.8 Å². The molecule has 0 N–H and O–H groups in total. The Morgan fingerprint density at radius 1 is 0.609 bits per heavy atom. The molecule has 0 fully saturated rings. The maximum absolute atomic E-state index is 4.55. The summed E-state index contributed by atoms with van der Waals surface area (Å²) in [4.78, 5) is 0. The summed E-state index contributed by atoms with van der Waals surface area (Å²) in [6.07, 6.45) is 3.46. The fourth-order valence-electron chi connectivity index (χ4n) is 1.94. The second-order valence-electron chi connectivity index (χ2n) is 6.05. The number of nitrogens with zero attached hydrogens (tertiary/aromatic N) is 4. The van der Waals surface area contributed by atoms with Gasteiger partial charge in [-0.15, -0.1) is 24.2 Å². The molecule has 0 rings (SSSR count). The minimum absolute atomic E-state index is 0. The van der Waals surface area contributed by atoms with Gasteiger partial charge in [0.15, 0.2) is 0 Å². The van der Waals surface area contributed by atoms with Crippen molar-refractivity contribution in [2.45, 2.75) is 98.8 Å². The number of rotatable bonds is 12. The summed E-state index contributed by atoms with van der Waals surface area (Å²) in [5.74, 6) is 0. The van der Waals surface area contributed by atoms with Gasteiger partial charge in [0.2, 0.25) is 0 Å². The van der Waals surface area contributed by atoms with E-state index in [4.69, 9.17) is 0 Å². The molecule has 0 heterocycles. The molecule has 2 unspecified atom stereocenters. The van der Waals surface area contributed by atoms with Crippen molar-refractivity contribution in [3.63, 3.8) is 0 Å². The van der Waals surface area contributed by atoms with Crippen LogP contribution in [0.1, 0.15) is 74.7 Å². The predicted octanol–water partition coefficient (Wildman–Crippen LogP) is 6.23. The molecule has 145 valence electrons. The van der Waals surface area contributed by atoms with E-state index >= 15 is 0 Å². The van der Waals surface area contributed by atoms with Crippen LogP contribution in [0.15, 0.2) is 0 Å². The van der Waals surface area contributed by atoms with Crippen molar-refractivity contribution >= 4 is 0 Å². The van der Waals surface area contributed by atoms with Crippen LogP contribution < -0.4 is 0 Å². The molecule has 4 nitrogen and oxygen atoms in total. The average molecular weight is 371 g/mol. The molecule has 0 aromatic heterocycles. The van der Waals surface area contributed by atoms with Crippen LogP contribution in [0.3, 0.4) is 0 Å². The van der Waals surface area contributed by atoms with Crippen LogP contribution in [-0.2, 0) is 16.8 Å². The summed E-state index contributed by atoms with van der Waals surface area (Å²) in [6.45, 7) is 19.5. The summed E-state index contributed by atoms with van der Waals surface area (Å²) in [7, 11) is 0. The van der Waals surface area contributed by atoms with Gasteiger partial charge < -0.3 is 21.3 Å². The molecule has 0 aromatic carbocycles. The van der Waals surface area contributed by atoms with E-state index in [1.54, 1.807) is 0 Å². The van der Waals surface area contributed by atoms with E-state index in [-0.39, 0.29) is 16.8 Å². The number of hydrogen-bond acceptors (Lipinski definition) is 0. The molecule has 0 aliphatic rings. The quantitative estimate of drug-likeness (QED) is 0.391. The Balaban J connectivity index is -0.000000354. The Labute approximate surface area is 156 Å². The van der Waals surface area contributed by atoms with Crippen molar-refractivity contribution in [2.75, 3.05) is 19.8 Å². The van der Waals surface area contributed by atoms with Gasteiger partial charge in [-0.05, 0) is 0 Å². The maximum atomic E-state index is 4.55. The monoisotopic (exact) mass is 371 g/mol. The fourth-order valence-corrected chi connectivity index (χ4v) is 1.94. The molecular weight excluding hydrogens is 331 g/mol. The zero-order chi connectivity index (χ0) is 17.4. The molecule has 1 radical (unpaired) electrons. The minimum atomic E-state index is 0. The molecule has 0 aromatic rings. The Hall–Kier alpha value is 0.346. The molecule has 5 heteroatoms. The van der Waals surface area contributed by atoms with Gasteiger partial charge in [0.25, 0.3) is 0 Å². The Morgan fingerprint density at radius 3 is 1.17 bits per heavy atom. The van der Waals surface area contributed by atoms with Gasteiger partial charge in [-0.1, -0.05) is 74.7 Å². The predicted molar refractivity (Wildman–Crippen MR) is 102 cm³/mol. The summed E-state index contributed by atoms with van der Waals surface area (Å²) in [5, 5.41) is 17.5. The molecule has 2 atom stereocenters. The normalized spacial score (nSPS) is 13.3. The molecule has 0 saturated heterocycles. The van der Waals surface area contributed by atoms with E-state index < -0.39 is 0 Å². The average Bonchev–Trinajstić information content (AvgIpc) is 2.45. The van der Waals surface area contributed by atoms with Crippen LogP contribution in [0.2, 0.25) is 0 Å². The van der Waals surface area contributed by atoms with Crippen molar-refractivity contribution in [3.8, 4) is 0 Å². The minimum Gasteiger partial charge on any atom is -0.678 e. The van der Waals surface area contributed by atoms with Gasteiger partial charge in [-0.25, -0.2) is 0 Å². The Morgan fingerprint density at radius 2 is 0.957 bits per heavy atom. The van der Waals surface area contributed by atoms with Gasteiger partial charge in [0, 0.05) is 16.8 Å². The summed E-state index contributed by atoms with van der Waals surface area (Å²) < 4.78 is 0. The smallest absolute Gasteiger partial charge is 0 e. The number of hydrogen-bond donors (Lipinski definition) is 0. The maximum Gasteiger partial charge on any atom is 0 e. The zero-order valence-corrected chi connectivity index (χ0v) is 17.7. The van der Waals surface area contributed by atoms with E-state index in [1.165, 1.54) is 0 Å². The van der Waals surface area contributed by atoms with Crippen molar-refractivity contribution in [2.24, 2.45) is 0 Å². The van der Waals surface area contributed by atoms with Gasteiger partial charge in [0.05, 0.1) is 0 Å². The first-order valence-corrected chi connectivity index (χ1v) is 9.07. The zero-order valence-electron chi connectivity index (χ0n) is 16.7. The summed E-state index contributed by atoms with van der Waals surface area (Å²) in [5.41, 5.74) is 0. The van der Waals surface area contributed by atoms with Crippen LogP contribution in [0.4, 0.5) is 0 Å². The van der Waals surface area contributed by atoms with Crippen LogP contribution in [-0.4, -0.2) is 43.9 Å². The molecular formula is C18H40CoN4-4. The van der Waals surface area contributed by atoms with Gasteiger partial charge >= 0.3 is 0 Å². The van der Waals surface area contributed by atoms with Gasteiger partial charge in [0.1, 0.15) is 0 Å². The van der Waals surface area contributed by atoms with Gasteiger partial charge in [-0.2, -0.15) is 13.1 Å². The molecule has 23 heavy (non-hydrogen) atoms. The SMILES string of the molecule is CC(C)[N-]C[N-]C(C)C.CC[N-]C(CC)CC(CC)[N-]CC.[Co]. The largest absolute Gasteiger partial charge is 0.678 e. The summed E-state index contributed by atoms with van der Waals surface area (Å²) in [6, 6.07) is 1.91. The first-order chi connectivity index (χ1) is 10.4. The standard InChI is InChI=1S/C11H24N2.C7H16N2.Co/c1-5-10(12-7-3)9-11(6-2)13-8-4;1-6(2)8-5-9-7(3)4;/h10-11H,5-9H2,1-4H3;6-7H,5H2,1-4H3;/q2*-2;. The molecule has 0 amide bonds. The Bertz CT molecular complexity index is 193. The van der Waals surface area contributed by atoms with Crippen LogP contribution in [0.5, 0.6) is 0 Å². The van der Waals surface area contributed by atoms with E-state index in [9.17, 15) is 0 Å². The molecule has 0 bridgehead atoms. The second kappa shape index (κ2) is 20.4. The van der Waals surface area contributed by atoms with E-state index in [1.807, 2.05) is 0 Å². The first-order valence-electron chi connectivity index (χ1n) is 9.07. The van der Waals surface area contributed by atoms with Crippen molar-refractivity contribution in [1.29, 1.82) is 0 Å². The first kappa shape index (κ1) is 28.2. The van der Waals surface area contributed by atoms with E-state index in [2.05, 4.69) is 76.7 Å². The molecule has 0 aliphatic heterocycles. The van der Waals surface area contributed by atoms with Gasteiger partial charge in [-0.3, -0.25) is 6.67 Å². The third-order valence-corrected chi connectivity index (χ3v) is 3.26. The Kier molecular flexibility index (Phi) is 25.0. The molecule has 0 spiro atoms. The van der Waals surface area contributed by atoms with Crippen molar-refractivity contribution in [3.05, 3.63) is 21.3 Å². The van der Waals surface area contributed by atoms with Crippen LogP contribution in [0, 0.1) is 0 Å². The molecule has 0 aliphatic carbocycles.